The first-order valence-corrected chi connectivity index (χ1v) is 5.90. The Morgan fingerprint density at radius 3 is 1.05 bits per heavy atom. The van der Waals surface area contributed by atoms with Gasteiger partial charge in [0, 0.05) is 6.67 Å². The number of nitrogens with one attached hydrogen (secondary N) is 1. The molecule has 0 aromatic carbocycles. The Morgan fingerprint density at radius 1 is 0.842 bits per heavy atom. The largest absolute Gasteiger partial charge is 0.344 e. The van der Waals surface area contributed by atoms with Crippen molar-refractivity contribution in [3.63, 3.8) is 0 Å². The molecule has 0 aromatic rings. The molecule has 6 heteroatoms. The molecule has 19 heavy (non-hydrogen) atoms. The molecule has 0 atom stereocenters. The maximum absolute atomic E-state index is 4.50. The lowest BCUT2D eigenvalue weighted by Crippen LogP contribution is -2.24. The van der Waals surface area contributed by atoms with Crippen molar-refractivity contribution in [2.45, 2.75) is 14.4 Å². The molecule has 126 valence electrons. The Balaban J connectivity index is -0.0000000302. The summed E-state index contributed by atoms with van der Waals surface area (Å²) in [5.74, 6) is 0. The SMILES string of the molecule is C.CCN(C)C.CN.CN(C)C.CNCN(C)C.N. The highest BCUT2D eigenvalue weighted by Gasteiger charge is 1.77. The molecule has 0 aliphatic rings. The zero-order valence-corrected chi connectivity index (χ0v) is 14.5. The minimum absolute atomic E-state index is 0. The van der Waals surface area contributed by atoms with Crippen molar-refractivity contribution in [3.05, 3.63) is 0 Å². The minimum atomic E-state index is 0. The summed E-state index contributed by atoms with van der Waals surface area (Å²) < 4.78 is 0. The molecule has 0 aromatic heterocycles. The second-order valence-electron chi connectivity index (χ2n) is 4.33. The first-order chi connectivity index (χ1) is 7.77. The highest BCUT2D eigenvalue weighted by Crippen LogP contribution is 1.63. The Labute approximate surface area is 123 Å². The molecule has 0 fully saturated rings. The van der Waals surface area contributed by atoms with E-state index in [9.17, 15) is 0 Å². The zero-order chi connectivity index (χ0) is 14.9. The fourth-order valence-electron chi connectivity index (χ4n) is 0.316. The number of nitrogens with zero attached hydrogens (tertiary/aromatic N) is 3. The van der Waals surface area contributed by atoms with E-state index in [1.54, 1.807) is 0 Å². The highest BCUT2D eigenvalue weighted by atomic mass is 15.2. The first-order valence-electron chi connectivity index (χ1n) is 5.90. The van der Waals surface area contributed by atoms with Gasteiger partial charge in [0.25, 0.3) is 0 Å². The summed E-state index contributed by atoms with van der Waals surface area (Å²) in [5, 5.41) is 2.99. The Bertz CT molecular complexity index is 94.4. The lowest BCUT2D eigenvalue weighted by atomic mass is 10.7. The van der Waals surface area contributed by atoms with Crippen molar-refractivity contribution >= 4 is 0 Å². The third-order valence-corrected chi connectivity index (χ3v) is 1.11. The lowest BCUT2D eigenvalue weighted by molar-refractivity contribution is 0.385. The van der Waals surface area contributed by atoms with Crippen molar-refractivity contribution in [1.29, 1.82) is 0 Å². The molecule has 0 radical (unpaired) electrons. The van der Waals surface area contributed by atoms with Crippen LogP contribution in [0, 0.1) is 0 Å². The second-order valence-corrected chi connectivity index (χ2v) is 4.33. The van der Waals surface area contributed by atoms with E-state index < -0.39 is 0 Å². The topological polar surface area (TPSA) is 82.8 Å². The monoisotopic (exact) mass is 284 g/mol. The molecule has 6 nitrogen and oxygen atoms in total. The van der Waals surface area contributed by atoms with E-state index >= 15 is 0 Å². The Kier molecular flexibility index (Phi) is 69.0. The van der Waals surface area contributed by atoms with Crippen LogP contribution in [0.25, 0.3) is 0 Å². The molecule has 0 amide bonds. The molecule has 0 spiro atoms. The number of hydrogen-bond acceptors (Lipinski definition) is 6. The quantitative estimate of drug-likeness (QED) is 0.666. The summed E-state index contributed by atoms with van der Waals surface area (Å²) in [6.07, 6.45) is 0. The van der Waals surface area contributed by atoms with Gasteiger partial charge in [-0.25, -0.2) is 0 Å². The van der Waals surface area contributed by atoms with Crippen LogP contribution in [-0.2, 0) is 0 Å². The zero-order valence-electron chi connectivity index (χ0n) is 14.5. The van der Waals surface area contributed by atoms with Crippen LogP contribution in [0.5, 0.6) is 0 Å². The van der Waals surface area contributed by atoms with Gasteiger partial charge in [0.2, 0.25) is 0 Å². The third kappa shape index (κ3) is 195. The van der Waals surface area contributed by atoms with Crippen molar-refractivity contribution in [2.24, 2.45) is 5.73 Å². The van der Waals surface area contributed by atoms with Crippen molar-refractivity contribution in [3.8, 4) is 0 Å². The van der Waals surface area contributed by atoms with Crippen LogP contribution in [-0.4, -0.2) is 91.3 Å². The normalized spacial score (nSPS) is 7.89. The second kappa shape index (κ2) is 36.1. The molecule has 0 aliphatic carbocycles. The maximum Gasteiger partial charge on any atom is 0.0472 e. The van der Waals surface area contributed by atoms with Gasteiger partial charge in [-0.05, 0) is 70.0 Å². The van der Waals surface area contributed by atoms with E-state index in [0.29, 0.717) is 0 Å². The molecule has 0 saturated heterocycles. The van der Waals surface area contributed by atoms with E-state index in [1.165, 1.54) is 7.05 Å². The summed E-state index contributed by atoms with van der Waals surface area (Å²) in [6, 6.07) is 0. The molecule has 0 bridgehead atoms. The minimum Gasteiger partial charge on any atom is -0.344 e. The lowest BCUT2D eigenvalue weighted by Gasteiger charge is -2.05. The predicted molar refractivity (Wildman–Crippen MR) is 93.3 cm³/mol. The van der Waals surface area contributed by atoms with Crippen LogP contribution in [0.4, 0.5) is 0 Å². The molecular weight excluding hydrogens is 240 g/mol. The Hall–Kier alpha value is -0.240. The number of nitrogens with two attached hydrogens (primary N) is 1. The summed E-state index contributed by atoms with van der Waals surface area (Å²) in [4.78, 5) is 6.19. The van der Waals surface area contributed by atoms with Gasteiger partial charge in [0.1, 0.15) is 0 Å². The highest BCUT2D eigenvalue weighted by molar-refractivity contribution is 4.30. The molecule has 0 heterocycles. The Morgan fingerprint density at radius 2 is 1.05 bits per heavy atom. The van der Waals surface area contributed by atoms with Gasteiger partial charge in [0.15, 0.2) is 0 Å². The van der Waals surface area contributed by atoms with Crippen LogP contribution in [0.2, 0.25) is 0 Å². The smallest absolute Gasteiger partial charge is 0.0472 e. The van der Waals surface area contributed by atoms with Crippen LogP contribution < -0.4 is 17.2 Å². The van der Waals surface area contributed by atoms with Gasteiger partial charge in [-0.15, -0.1) is 0 Å². The summed E-state index contributed by atoms with van der Waals surface area (Å²) >= 11 is 0. The summed E-state index contributed by atoms with van der Waals surface area (Å²) in [6.45, 7) is 4.22. The molecule has 6 N–H and O–H groups in total. The van der Waals surface area contributed by atoms with Crippen molar-refractivity contribution in [2.75, 3.05) is 76.6 Å². The van der Waals surface area contributed by atoms with Gasteiger partial charge in [-0.3, -0.25) is 4.90 Å². The molecule has 0 saturated carbocycles. The van der Waals surface area contributed by atoms with Crippen LogP contribution in [0.15, 0.2) is 0 Å². The van der Waals surface area contributed by atoms with Crippen LogP contribution in [0.1, 0.15) is 14.4 Å². The van der Waals surface area contributed by atoms with Gasteiger partial charge >= 0.3 is 0 Å². The summed E-state index contributed by atoms with van der Waals surface area (Å²) in [7, 11) is 17.6. The fraction of sp³-hybridized carbons (Fsp3) is 1.00. The van der Waals surface area contributed by atoms with E-state index in [4.69, 9.17) is 0 Å². The van der Waals surface area contributed by atoms with Crippen molar-refractivity contribution in [1.82, 2.24) is 26.2 Å². The molecular formula is C13H44N6. The van der Waals surface area contributed by atoms with Gasteiger partial charge in [0.05, 0.1) is 0 Å². The molecule has 0 rings (SSSR count). The first kappa shape index (κ1) is 36.3. The number of rotatable bonds is 3. The standard InChI is InChI=1S/C4H12N2.C4H11N.C3H9N.CH5N.CH4.H3N/c1-5-4-6(2)3;1-4-5(2)3;1-4(2)3;1-2;;/h5H,4H2,1-3H3;4H2,1-3H3;1-3H3;2H2,1H3;1H4;1H3. The maximum atomic E-state index is 4.50. The average Bonchev–Trinajstić information content (AvgIpc) is 2.20. The summed E-state index contributed by atoms with van der Waals surface area (Å²) in [5.41, 5.74) is 4.50. The van der Waals surface area contributed by atoms with Gasteiger partial charge in [-0.2, -0.15) is 0 Å². The predicted octanol–water partition coefficient (Wildman–Crippen LogP) is 0.844. The molecule has 0 aliphatic heterocycles. The van der Waals surface area contributed by atoms with E-state index in [-0.39, 0.29) is 13.6 Å². The average molecular weight is 285 g/mol. The fourth-order valence-corrected chi connectivity index (χ4v) is 0.316. The van der Waals surface area contributed by atoms with Gasteiger partial charge < -0.3 is 27.0 Å². The molecule has 0 unspecified atom stereocenters. The van der Waals surface area contributed by atoms with Gasteiger partial charge in [-0.1, -0.05) is 14.4 Å². The van der Waals surface area contributed by atoms with E-state index in [1.807, 2.05) is 47.2 Å². The van der Waals surface area contributed by atoms with E-state index in [0.717, 1.165) is 13.2 Å². The number of hydrogen-bond donors (Lipinski definition) is 3. The third-order valence-electron chi connectivity index (χ3n) is 1.11. The van der Waals surface area contributed by atoms with Crippen LogP contribution >= 0.6 is 0 Å². The van der Waals surface area contributed by atoms with Crippen LogP contribution in [0.3, 0.4) is 0 Å². The van der Waals surface area contributed by atoms with Crippen molar-refractivity contribution < 1.29 is 0 Å². The van der Waals surface area contributed by atoms with E-state index in [2.05, 4.69) is 41.9 Å².